The van der Waals surface area contributed by atoms with Crippen LogP contribution in [0.15, 0.2) is 36.9 Å². The van der Waals surface area contributed by atoms with Gasteiger partial charge < -0.3 is 14.8 Å². The molecule has 7 heteroatoms. The minimum Gasteiger partial charge on any atom is -0.345 e. The predicted octanol–water partition coefficient (Wildman–Crippen LogP) is 2.39. The number of rotatable bonds is 4. The smallest absolute Gasteiger partial charge is 0.254 e. The lowest BCUT2D eigenvalue weighted by Crippen LogP contribution is -2.31. The second kappa shape index (κ2) is 6.84. The van der Waals surface area contributed by atoms with Gasteiger partial charge in [0.25, 0.3) is 5.91 Å². The molecule has 134 valence electrons. The van der Waals surface area contributed by atoms with Crippen LogP contribution in [0.1, 0.15) is 40.6 Å². The fourth-order valence-corrected chi connectivity index (χ4v) is 3.54. The van der Waals surface area contributed by atoms with Gasteiger partial charge in [-0.2, -0.15) is 0 Å². The second-order valence-corrected chi connectivity index (χ2v) is 6.96. The highest BCUT2D eigenvalue weighted by atomic mass is 16.2. The Morgan fingerprint density at radius 1 is 1.35 bits per heavy atom. The van der Waals surface area contributed by atoms with Crippen LogP contribution in [0.4, 0.5) is 0 Å². The highest BCUT2D eigenvalue weighted by Crippen LogP contribution is 2.32. The molecule has 3 aromatic rings. The summed E-state index contributed by atoms with van der Waals surface area (Å²) in [5, 5.41) is 0. The van der Waals surface area contributed by atoms with Crippen molar-refractivity contribution in [2.24, 2.45) is 0 Å². The van der Waals surface area contributed by atoms with Gasteiger partial charge in [0.15, 0.2) is 0 Å². The van der Waals surface area contributed by atoms with Gasteiger partial charge in [-0.15, -0.1) is 0 Å². The maximum Gasteiger partial charge on any atom is 0.254 e. The Balaban J connectivity index is 1.60. The maximum atomic E-state index is 13.1. The highest BCUT2D eigenvalue weighted by Gasteiger charge is 2.32. The van der Waals surface area contributed by atoms with E-state index >= 15 is 0 Å². The Morgan fingerprint density at radius 2 is 2.23 bits per heavy atom. The van der Waals surface area contributed by atoms with Crippen molar-refractivity contribution in [3.63, 3.8) is 0 Å². The summed E-state index contributed by atoms with van der Waals surface area (Å²) in [7, 11) is 4.01. The fourth-order valence-electron chi connectivity index (χ4n) is 3.54. The van der Waals surface area contributed by atoms with Crippen LogP contribution in [-0.4, -0.2) is 56.3 Å². The number of aromatic nitrogens is 4. The summed E-state index contributed by atoms with van der Waals surface area (Å²) in [5.41, 5.74) is 4.20. The molecule has 1 aromatic carbocycles. The number of benzene rings is 1. The number of imidazole rings is 1. The molecule has 0 radical (unpaired) electrons. The van der Waals surface area contributed by atoms with Crippen molar-refractivity contribution in [3.8, 4) is 0 Å². The van der Waals surface area contributed by atoms with Crippen LogP contribution in [0.3, 0.4) is 0 Å². The number of fused-ring (bicyclic) bond motifs is 1. The number of hydrogen-bond acceptors (Lipinski definition) is 5. The van der Waals surface area contributed by atoms with E-state index in [1.54, 1.807) is 18.7 Å². The molecule has 0 bridgehead atoms. The minimum absolute atomic E-state index is 0.0189. The van der Waals surface area contributed by atoms with E-state index < -0.39 is 0 Å². The van der Waals surface area contributed by atoms with Crippen molar-refractivity contribution in [3.05, 3.63) is 53.9 Å². The first-order valence-electron chi connectivity index (χ1n) is 8.81. The molecule has 1 aliphatic rings. The third-order valence-electron chi connectivity index (χ3n) is 4.70. The minimum atomic E-state index is -0.0189. The van der Waals surface area contributed by atoms with E-state index in [-0.39, 0.29) is 11.9 Å². The zero-order chi connectivity index (χ0) is 18.1. The number of likely N-dealkylation sites (tertiary alicyclic amines) is 1. The van der Waals surface area contributed by atoms with Crippen LogP contribution in [0.25, 0.3) is 11.0 Å². The molecule has 0 unspecified atom stereocenters. The number of nitrogens with zero attached hydrogens (tertiary/aromatic N) is 5. The molecule has 1 aliphatic heterocycles. The van der Waals surface area contributed by atoms with Crippen molar-refractivity contribution in [2.45, 2.75) is 25.4 Å². The van der Waals surface area contributed by atoms with Crippen molar-refractivity contribution < 1.29 is 4.79 Å². The van der Waals surface area contributed by atoms with E-state index in [1.165, 1.54) is 0 Å². The Kier molecular flexibility index (Phi) is 4.38. The van der Waals surface area contributed by atoms with Gasteiger partial charge in [-0.25, -0.2) is 4.98 Å². The van der Waals surface area contributed by atoms with Crippen molar-refractivity contribution in [1.82, 2.24) is 29.7 Å². The Labute approximate surface area is 152 Å². The number of H-pyrrole nitrogens is 1. The maximum absolute atomic E-state index is 13.1. The molecule has 0 aliphatic carbocycles. The summed E-state index contributed by atoms with van der Waals surface area (Å²) in [5.74, 6) is 0.0313. The standard InChI is InChI=1S/C19H22N6O/c1-24(2)11-14-9-20-10-17(23-14)18-4-3-7-25(18)19(26)13-5-6-15-16(8-13)22-12-21-15/h5-6,8-10,12,18H,3-4,7,11H2,1-2H3,(H,21,22)/t18-/m0/s1. The Bertz CT molecular complexity index is 934. The lowest BCUT2D eigenvalue weighted by atomic mass is 10.1. The Morgan fingerprint density at radius 3 is 3.08 bits per heavy atom. The molecule has 4 rings (SSSR count). The number of hydrogen-bond donors (Lipinski definition) is 1. The lowest BCUT2D eigenvalue weighted by Gasteiger charge is -2.24. The van der Waals surface area contributed by atoms with Gasteiger partial charge in [0.1, 0.15) is 0 Å². The normalized spacial score (nSPS) is 17.3. The first-order valence-corrected chi connectivity index (χ1v) is 8.81. The van der Waals surface area contributed by atoms with Crippen LogP contribution < -0.4 is 0 Å². The summed E-state index contributed by atoms with van der Waals surface area (Å²) < 4.78 is 0. The van der Waals surface area contributed by atoms with Gasteiger partial charge in [0.2, 0.25) is 0 Å². The fraction of sp³-hybridized carbons (Fsp3) is 0.368. The molecular formula is C19H22N6O. The largest absolute Gasteiger partial charge is 0.345 e. The van der Waals surface area contributed by atoms with E-state index in [0.717, 1.165) is 48.4 Å². The van der Waals surface area contributed by atoms with Crippen LogP contribution in [0.2, 0.25) is 0 Å². The molecule has 3 heterocycles. The summed E-state index contributed by atoms with van der Waals surface area (Å²) in [4.78, 5) is 33.4. The molecule has 1 amide bonds. The predicted molar refractivity (Wildman–Crippen MR) is 98.5 cm³/mol. The molecule has 26 heavy (non-hydrogen) atoms. The molecule has 7 nitrogen and oxygen atoms in total. The van der Waals surface area contributed by atoms with Crippen molar-refractivity contribution >= 4 is 16.9 Å². The zero-order valence-electron chi connectivity index (χ0n) is 15.0. The van der Waals surface area contributed by atoms with E-state index in [1.807, 2.05) is 37.2 Å². The summed E-state index contributed by atoms with van der Waals surface area (Å²) in [6.07, 6.45) is 7.11. The molecular weight excluding hydrogens is 328 g/mol. The molecule has 1 N–H and O–H groups in total. The number of amides is 1. The third kappa shape index (κ3) is 3.17. The first-order chi connectivity index (χ1) is 12.6. The van der Waals surface area contributed by atoms with Gasteiger partial charge >= 0.3 is 0 Å². The summed E-state index contributed by atoms with van der Waals surface area (Å²) >= 11 is 0. The number of carbonyl (C=O) groups excluding carboxylic acids is 1. The Hall–Kier alpha value is -2.80. The van der Waals surface area contributed by atoms with E-state index in [4.69, 9.17) is 4.98 Å². The third-order valence-corrected chi connectivity index (χ3v) is 4.70. The van der Waals surface area contributed by atoms with Gasteiger partial charge in [0, 0.05) is 24.8 Å². The lowest BCUT2D eigenvalue weighted by molar-refractivity contribution is 0.0732. The monoisotopic (exact) mass is 350 g/mol. The quantitative estimate of drug-likeness (QED) is 0.782. The number of carbonyl (C=O) groups is 1. The number of aromatic amines is 1. The van der Waals surface area contributed by atoms with Crippen LogP contribution >= 0.6 is 0 Å². The van der Waals surface area contributed by atoms with Crippen LogP contribution in [0, 0.1) is 0 Å². The van der Waals surface area contributed by atoms with Crippen LogP contribution in [0.5, 0.6) is 0 Å². The van der Waals surface area contributed by atoms with Gasteiger partial charge in [0.05, 0.1) is 41.0 Å². The molecule has 0 spiro atoms. The zero-order valence-corrected chi connectivity index (χ0v) is 15.0. The second-order valence-electron chi connectivity index (χ2n) is 6.96. The summed E-state index contributed by atoms with van der Waals surface area (Å²) in [6, 6.07) is 5.57. The SMILES string of the molecule is CN(C)Cc1cncc([C@@H]2CCCN2C(=O)c2ccc3nc[nH]c3c2)n1. The van der Waals surface area contributed by atoms with E-state index in [9.17, 15) is 4.79 Å². The molecule has 0 saturated carbocycles. The first kappa shape index (κ1) is 16.7. The number of nitrogens with one attached hydrogen (secondary N) is 1. The van der Waals surface area contributed by atoms with Crippen molar-refractivity contribution in [1.29, 1.82) is 0 Å². The van der Waals surface area contributed by atoms with Gasteiger partial charge in [-0.1, -0.05) is 0 Å². The average molecular weight is 350 g/mol. The van der Waals surface area contributed by atoms with E-state index in [2.05, 4.69) is 19.9 Å². The highest BCUT2D eigenvalue weighted by molar-refractivity contribution is 5.97. The summed E-state index contributed by atoms with van der Waals surface area (Å²) in [6.45, 7) is 1.47. The molecule has 1 atom stereocenters. The van der Waals surface area contributed by atoms with E-state index in [0.29, 0.717) is 5.56 Å². The van der Waals surface area contributed by atoms with Crippen LogP contribution in [-0.2, 0) is 6.54 Å². The van der Waals surface area contributed by atoms with Gasteiger partial charge in [-0.05, 0) is 45.1 Å². The van der Waals surface area contributed by atoms with Gasteiger partial charge in [-0.3, -0.25) is 14.8 Å². The topological polar surface area (TPSA) is 78.0 Å². The van der Waals surface area contributed by atoms with Crippen molar-refractivity contribution in [2.75, 3.05) is 20.6 Å². The molecule has 1 saturated heterocycles. The molecule has 1 fully saturated rings. The molecule has 2 aromatic heterocycles. The average Bonchev–Trinajstić information content (AvgIpc) is 3.29.